The number of fused-ring (bicyclic) bond motifs is 1. The van der Waals surface area contributed by atoms with Gasteiger partial charge < -0.3 is 5.32 Å². The minimum atomic E-state index is -4.06. The van der Waals surface area contributed by atoms with E-state index >= 15 is 0 Å². The predicted molar refractivity (Wildman–Crippen MR) is 135 cm³/mol. The summed E-state index contributed by atoms with van der Waals surface area (Å²) in [6.07, 6.45) is 3.56. The van der Waals surface area contributed by atoms with Gasteiger partial charge in [-0.05, 0) is 60.2 Å². The van der Waals surface area contributed by atoms with Crippen molar-refractivity contribution >= 4 is 78.8 Å². The fraction of sp³-hybridized carbons (Fsp3) is 0.0476. The Balaban J connectivity index is 1.58. The van der Waals surface area contributed by atoms with Gasteiger partial charge in [-0.25, -0.2) is 17.9 Å². The Morgan fingerprint density at radius 3 is 2.52 bits per heavy atom. The molecule has 0 fully saturated rings. The smallest absolute Gasteiger partial charge is 0.307 e. The van der Waals surface area contributed by atoms with Crippen LogP contribution in [0.2, 0.25) is 9.36 Å². The van der Waals surface area contributed by atoms with E-state index in [9.17, 15) is 18.0 Å². The molecule has 0 aliphatic carbocycles. The van der Waals surface area contributed by atoms with E-state index in [1.54, 1.807) is 12.3 Å². The molecule has 33 heavy (non-hydrogen) atoms. The second-order valence-electron chi connectivity index (χ2n) is 6.73. The molecule has 2 N–H and O–H groups in total. The molecule has 7 nitrogen and oxygen atoms in total. The number of nitrogens with zero attached hydrogens (tertiary/aromatic N) is 1. The number of sulfonamides is 1. The number of rotatable bonds is 5. The van der Waals surface area contributed by atoms with Crippen LogP contribution in [-0.2, 0) is 10.0 Å². The molecule has 2 heterocycles. The number of amides is 2. The van der Waals surface area contributed by atoms with Crippen molar-refractivity contribution in [1.29, 1.82) is 0 Å². The molecule has 0 atom stereocenters. The molecule has 2 aromatic heterocycles. The average molecular weight is 540 g/mol. The van der Waals surface area contributed by atoms with Gasteiger partial charge in [-0.1, -0.05) is 29.3 Å². The number of aromatic nitrogens is 1. The lowest BCUT2D eigenvalue weighted by Crippen LogP contribution is -2.33. The lowest BCUT2D eigenvalue weighted by Gasteiger charge is -2.12. The quantitative estimate of drug-likeness (QED) is 0.322. The first-order valence-corrected chi connectivity index (χ1v) is 13.5. The molecule has 0 aliphatic heterocycles. The molecular formula is C21H15Cl2N3O4S3. The van der Waals surface area contributed by atoms with Crippen LogP contribution in [0, 0.1) is 0 Å². The summed E-state index contributed by atoms with van der Waals surface area (Å²) in [5.74, 6) is 0. The van der Waals surface area contributed by atoms with E-state index in [1.165, 1.54) is 40.6 Å². The summed E-state index contributed by atoms with van der Waals surface area (Å²) in [6, 6.07) is 13.8. The fourth-order valence-electron chi connectivity index (χ4n) is 3.09. The minimum absolute atomic E-state index is 0.0867. The van der Waals surface area contributed by atoms with Crippen LogP contribution >= 0.6 is 46.3 Å². The first kappa shape index (κ1) is 23.7. The lowest BCUT2D eigenvalue weighted by atomic mass is 10.1. The van der Waals surface area contributed by atoms with Crippen LogP contribution in [0.15, 0.2) is 74.7 Å². The molecule has 2 aromatic carbocycles. The van der Waals surface area contributed by atoms with Crippen molar-refractivity contribution in [3.8, 4) is 5.69 Å². The summed E-state index contributed by atoms with van der Waals surface area (Å²) in [6.45, 7) is 0. The third kappa shape index (κ3) is 5.04. The molecule has 2 amide bonds. The number of hydrogen-bond acceptors (Lipinski definition) is 6. The van der Waals surface area contributed by atoms with Crippen LogP contribution in [-0.4, -0.2) is 25.3 Å². The molecule has 0 radical (unpaired) electrons. The van der Waals surface area contributed by atoms with Gasteiger partial charge >= 0.3 is 6.03 Å². The molecule has 12 heteroatoms. The number of carbonyl (C=O) groups excluding carboxylic acids is 1. The second-order valence-corrected chi connectivity index (χ2v) is 11.6. The number of thiophene rings is 1. The normalized spacial score (nSPS) is 11.5. The van der Waals surface area contributed by atoms with E-state index in [4.69, 9.17) is 23.2 Å². The SMILES string of the molecule is CSc1ccc2ccn(-c3ccc(NC(=O)NS(=O)(=O)c4ccc(Cl)s4)cc3Cl)c(=O)c2c1. The molecule has 0 saturated carbocycles. The number of nitrogens with one attached hydrogen (secondary N) is 2. The molecule has 0 spiro atoms. The van der Waals surface area contributed by atoms with Crippen LogP contribution < -0.4 is 15.6 Å². The molecule has 0 saturated heterocycles. The number of urea groups is 1. The minimum Gasteiger partial charge on any atom is -0.307 e. The first-order chi connectivity index (χ1) is 15.7. The summed E-state index contributed by atoms with van der Waals surface area (Å²) >= 11 is 14.5. The van der Waals surface area contributed by atoms with Gasteiger partial charge in [-0.15, -0.1) is 23.1 Å². The zero-order chi connectivity index (χ0) is 23.8. The first-order valence-electron chi connectivity index (χ1n) is 9.26. The Morgan fingerprint density at radius 1 is 1.06 bits per heavy atom. The van der Waals surface area contributed by atoms with Crippen molar-refractivity contribution < 1.29 is 13.2 Å². The predicted octanol–water partition coefficient (Wildman–Crippen LogP) is 5.59. The fourth-order valence-corrected chi connectivity index (χ4v) is 6.19. The van der Waals surface area contributed by atoms with Gasteiger partial charge in [-0.3, -0.25) is 9.36 Å². The standard InChI is InChI=1S/C21H15Cl2N3O4S3/c1-31-14-4-2-12-8-9-26(20(27)15(12)11-14)17-5-3-13(10-16(17)22)24-21(28)25-33(29,30)19-7-6-18(23)32-19/h2-11H,1H3,(H2,24,25,28). The highest BCUT2D eigenvalue weighted by atomic mass is 35.5. The van der Waals surface area contributed by atoms with E-state index in [1.807, 2.05) is 35.2 Å². The van der Waals surface area contributed by atoms with Gasteiger partial charge in [0.25, 0.3) is 15.6 Å². The number of halogens is 2. The van der Waals surface area contributed by atoms with Gasteiger partial charge in [-0.2, -0.15) is 0 Å². The van der Waals surface area contributed by atoms with Crippen molar-refractivity contribution in [1.82, 2.24) is 9.29 Å². The van der Waals surface area contributed by atoms with Crippen LogP contribution in [0.3, 0.4) is 0 Å². The van der Waals surface area contributed by atoms with Gasteiger partial charge in [0, 0.05) is 22.2 Å². The Kier molecular flexibility index (Phi) is 6.73. The summed E-state index contributed by atoms with van der Waals surface area (Å²) in [7, 11) is -4.06. The Labute approximate surface area is 207 Å². The third-order valence-corrected chi connectivity index (χ3v) is 8.70. The van der Waals surface area contributed by atoms with Crippen molar-refractivity contribution in [2.24, 2.45) is 0 Å². The molecule has 4 aromatic rings. The van der Waals surface area contributed by atoms with E-state index in [-0.39, 0.29) is 24.8 Å². The van der Waals surface area contributed by atoms with Crippen molar-refractivity contribution in [2.45, 2.75) is 9.10 Å². The largest absolute Gasteiger partial charge is 0.333 e. The lowest BCUT2D eigenvalue weighted by molar-refractivity contribution is 0.256. The molecule has 170 valence electrons. The maximum atomic E-state index is 13.0. The van der Waals surface area contributed by atoms with Gasteiger partial charge in [0.1, 0.15) is 4.21 Å². The topological polar surface area (TPSA) is 97.3 Å². The highest BCUT2D eigenvalue weighted by molar-refractivity contribution is 7.98. The maximum Gasteiger partial charge on any atom is 0.333 e. The van der Waals surface area contributed by atoms with Crippen molar-refractivity contribution in [3.63, 3.8) is 0 Å². The van der Waals surface area contributed by atoms with Crippen LogP contribution in [0.5, 0.6) is 0 Å². The number of benzene rings is 2. The van der Waals surface area contributed by atoms with Crippen molar-refractivity contribution in [3.05, 3.63) is 80.5 Å². The van der Waals surface area contributed by atoms with Crippen molar-refractivity contribution in [2.75, 3.05) is 11.6 Å². The molecule has 0 unspecified atom stereocenters. The van der Waals surface area contributed by atoms with Crippen LogP contribution in [0.4, 0.5) is 10.5 Å². The monoisotopic (exact) mass is 539 g/mol. The molecule has 0 bridgehead atoms. The summed E-state index contributed by atoms with van der Waals surface area (Å²) in [4.78, 5) is 26.2. The van der Waals surface area contributed by atoms with E-state index in [0.29, 0.717) is 11.1 Å². The Morgan fingerprint density at radius 2 is 1.85 bits per heavy atom. The summed E-state index contributed by atoms with van der Waals surface area (Å²) in [5.41, 5.74) is 0.438. The van der Waals surface area contributed by atoms with Gasteiger partial charge in [0.05, 0.1) is 15.0 Å². The highest BCUT2D eigenvalue weighted by Crippen LogP contribution is 2.27. The molecule has 4 rings (SSSR count). The molecular weight excluding hydrogens is 525 g/mol. The van der Waals surface area contributed by atoms with Gasteiger partial charge in [0.15, 0.2) is 0 Å². The Hall–Kier alpha value is -2.50. The van der Waals surface area contributed by atoms with E-state index < -0.39 is 16.1 Å². The average Bonchev–Trinajstić information content (AvgIpc) is 3.21. The highest BCUT2D eigenvalue weighted by Gasteiger charge is 2.20. The number of hydrogen-bond donors (Lipinski definition) is 2. The van der Waals surface area contributed by atoms with E-state index in [2.05, 4.69) is 5.32 Å². The summed E-state index contributed by atoms with van der Waals surface area (Å²) in [5, 5.41) is 3.99. The van der Waals surface area contributed by atoms with Gasteiger partial charge in [0.2, 0.25) is 0 Å². The maximum absolute atomic E-state index is 13.0. The number of anilines is 1. The van der Waals surface area contributed by atoms with Crippen LogP contribution in [0.1, 0.15) is 0 Å². The number of pyridine rings is 1. The number of thioether (sulfide) groups is 1. The molecule has 0 aliphatic rings. The number of carbonyl (C=O) groups is 1. The van der Waals surface area contributed by atoms with E-state index in [0.717, 1.165) is 21.6 Å². The zero-order valence-electron chi connectivity index (χ0n) is 16.8. The zero-order valence-corrected chi connectivity index (χ0v) is 20.8. The third-order valence-electron chi connectivity index (χ3n) is 4.62. The summed E-state index contributed by atoms with van der Waals surface area (Å²) < 4.78 is 28.0. The van der Waals surface area contributed by atoms with Crippen LogP contribution in [0.25, 0.3) is 16.5 Å². The Bertz CT molecular complexity index is 1550. The second kappa shape index (κ2) is 9.40.